The van der Waals surface area contributed by atoms with Crippen molar-refractivity contribution in [3.8, 4) is 0 Å². The molecule has 4 fully saturated rings. The molecule has 4 saturated heterocycles. The molecule has 5 heterocycles. The molecular formula is C30H44O8. The lowest BCUT2D eigenvalue weighted by molar-refractivity contribution is -0.140. The topological polar surface area (TPSA) is 103 Å². The van der Waals surface area contributed by atoms with Gasteiger partial charge < -0.3 is 28.4 Å². The molecule has 0 aromatic carbocycles. The molecule has 0 radical (unpaired) electrons. The molecule has 0 N–H and O–H groups in total. The molecule has 0 saturated carbocycles. The molecule has 0 aliphatic carbocycles. The van der Waals surface area contributed by atoms with Crippen molar-refractivity contribution in [2.24, 2.45) is 0 Å². The van der Waals surface area contributed by atoms with Crippen LogP contribution in [0.25, 0.3) is 0 Å². The average Bonchev–Trinajstić information content (AvgIpc) is 3.80. The minimum atomic E-state index is -0.283. The maximum absolute atomic E-state index is 12.5. The van der Waals surface area contributed by atoms with Gasteiger partial charge in [-0.2, -0.15) is 0 Å². The Balaban J connectivity index is 1.17. The van der Waals surface area contributed by atoms with Crippen molar-refractivity contribution in [1.29, 1.82) is 0 Å². The lowest BCUT2D eigenvalue weighted by Crippen LogP contribution is -2.19. The van der Waals surface area contributed by atoms with Crippen LogP contribution in [0.1, 0.15) is 92.9 Å². The number of ether oxygens (including phenoxy) is 6. The van der Waals surface area contributed by atoms with Crippen LogP contribution in [0.4, 0.5) is 0 Å². The number of epoxide rings is 4. The minimum Gasteiger partial charge on any atom is -0.459 e. The van der Waals surface area contributed by atoms with E-state index in [2.05, 4.69) is 27.7 Å². The molecule has 8 nitrogen and oxygen atoms in total. The lowest BCUT2D eigenvalue weighted by atomic mass is 9.93. The van der Waals surface area contributed by atoms with Gasteiger partial charge in [-0.1, -0.05) is 12.2 Å². The van der Waals surface area contributed by atoms with Crippen LogP contribution in [0.5, 0.6) is 0 Å². The molecule has 0 aromatic rings. The molecular weight excluding hydrogens is 488 g/mol. The predicted octanol–water partition coefficient (Wildman–Crippen LogP) is 4.73. The normalized spacial score (nSPS) is 49.2. The fourth-order valence-electron chi connectivity index (χ4n) is 5.88. The molecule has 0 aromatic heterocycles. The van der Waals surface area contributed by atoms with Crippen molar-refractivity contribution in [3.05, 3.63) is 23.3 Å². The summed E-state index contributed by atoms with van der Waals surface area (Å²) in [7, 11) is 0. The molecule has 212 valence electrons. The number of carbonyl (C=O) groups is 2. The summed E-state index contributed by atoms with van der Waals surface area (Å²) in [6.45, 7) is 12.5. The number of esters is 2. The van der Waals surface area contributed by atoms with Gasteiger partial charge in [-0.25, -0.2) is 9.59 Å². The fourth-order valence-corrected chi connectivity index (χ4v) is 5.88. The summed E-state index contributed by atoms with van der Waals surface area (Å²) in [4.78, 5) is 25.0. The van der Waals surface area contributed by atoms with Crippen LogP contribution in [0.2, 0.25) is 0 Å². The van der Waals surface area contributed by atoms with Crippen LogP contribution in [0.15, 0.2) is 23.3 Å². The number of fused-ring (bicyclic) bond motifs is 4. The summed E-state index contributed by atoms with van der Waals surface area (Å²) in [6, 6.07) is 0. The monoisotopic (exact) mass is 532 g/mol. The van der Waals surface area contributed by atoms with E-state index >= 15 is 0 Å². The largest absolute Gasteiger partial charge is 0.459 e. The third-order valence-electron chi connectivity index (χ3n) is 9.51. The van der Waals surface area contributed by atoms with Gasteiger partial charge in [0.1, 0.15) is 25.4 Å². The number of cyclic esters (lactones) is 2. The summed E-state index contributed by atoms with van der Waals surface area (Å²) in [6.07, 6.45) is 10.8. The molecule has 8 heteroatoms. The number of rotatable bonds is 0. The van der Waals surface area contributed by atoms with Gasteiger partial charge in [-0.05, 0) is 92.9 Å². The van der Waals surface area contributed by atoms with E-state index in [-0.39, 0.29) is 72.0 Å². The Hall–Kier alpha value is -1.74. The maximum atomic E-state index is 12.5. The first kappa shape index (κ1) is 27.8. The van der Waals surface area contributed by atoms with Crippen molar-refractivity contribution >= 4 is 11.9 Å². The molecule has 5 rings (SSSR count). The van der Waals surface area contributed by atoms with Crippen molar-refractivity contribution in [2.75, 3.05) is 13.2 Å². The first-order valence-electron chi connectivity index (χ1n) is 14.2. The Labute approximate surface area is 226 Å². The van der Waals surface area contributed by atoms with E-state index in [1.807, 2.05) is 12.2 Å². The minimum absolute atomic E-state index is 0.0733. The van der Waals surface area contributed by atoms with Gasteiger partial charge in [0.25, 0.3) is 0 Å². The van der Waals surface area contributed by atoms with E-state index in [0.29, 0.717) is 11.1 Å². The average molecular weight is 533 g/mol. The highest BCUT2D eigenvalue weighted by Gasteiger charge is 2.58. The second-order valence-electron chi connectivity index (χ2n) is 12.8. The Morgan fingerprint density at radius 2 is 0.921 bits per heavy atom. The third-order valence-corrected chi connectivity index (χ3v) is 9.51. The fraction of sp³-hybridized carbons (Fsp3) is 0.800. The van der Waals surface area contributed by atoms with Crippen molar-refractivity contribution in [3.63, 3.8) is 0 Å². The molecule has 0 unspecified atom stereocenters. The summed E-state index contributed by atoms with van der Waals surface area (Å²) in [5, 5.41) is 0. The van der Waals surface area contributed by atoms with Crippen LogP contribution in [-0.2, 0) is 38.0 Å². The highest BCUT2D eigenvalue weighted by Crippen LogP contribution is 2.49. The zero-order valence-electron chi connectivity index (χ0n) is 23.8. The van der Waals surface area contributed by atoms with Crippen LogP contribution < -0.4 is 0 Å². The number of hydrogen-bond acceptors (Lipinski definition) is 8. The summed E-state index contributed by atoms with van der Waals surface area (Å²) >= 11 is 0. The first-order valence-corrected chi connectivity index (χ1v) is 14.2. The standard InChI is InChI=1S/C30H44O8/c1-19-9-7-13-27(3)21(35-27)11-16-30(6)24(38-30)18-34-26(32)20(2)10-8-14-28(4)22(36-28)12-15-29(5)23(37-29)17-33-25(19)31/h9-10,21-24H,7-8,11-18H2,1-6H3/b19-9+,20-10+/t21-,22+,23+,24-,27-,28+,29+,30-. The van der Waals surface area contributed by atoms with Gasteiger partial charge in [0, 0.05) is 11.1 Å². The SMILES string of the molecule is C/C1=C\CC[C@@]2(C)O[C@@H]2CC[C@@]2(C)O[C@@H]2COC(=O)/C(C)=C/CC[C@]2(C)O[C@H]2CC[C@]2(C)O[C@H]2COC1=O. The second-order valence-corrected chi connectivity index (χ2v) is 12.8. The van der Waals surface area contributed by atoms with Crippen molar-refractivity contribution in [2.45, 2.75) is 140 Å². The van der Waals surface area contributed by atoms with E-state index in [0.717, 1.165) is 51.4 Å². The first-order chi connectivity index (χ1) is 17.9. The van der Waals surface area contributed by atoms with E-state index in [9.17, 15) is 9.59 Å². The Kier molecular flexibility index (Phi) is 7.34. The molecule has 0 bridgehead atoms. The van der Waals surface area contributed by atoms with E-state index < -0.39 is 0 Å². The van der Waals surface area contributed by atoms with Crippen LogP contribution >= 0.6 is 0 Å². The molecule has 8 atom stereocenters. The van der Waals surface area contributed by atoms with Gasteiger partial charge in [-0.3, -0.25) is 0 Å². The quantitative estimate of drug-likeness (QED) is 0.326. The van der Waals surface area contributed by atoms with Gasteiger partial charge in [0.05, 0.1) is 34.6 Å². The molecule has 5 aliphatic heterocycles. The number of carbonyl (C=O) groups excluding carboxylic acids is 2. The number of hydrogen-bond donors (Lipinski definition) is 0. The molecule has 0 spiro atoms. The van der Waals surface area contributed by atoms with Crippen LogP contribution in [-0.4, -0.2) is 72.0 Å². The van der Waals surface area contributed by atoms with Gasteiger partial charge >= 0.3 is 11.9 Å². The van der Waals surface area contributed by atoms with E-state index in [4.69, 9.17) is 28.4 Å². The maximum Gasteiger partial charge on any atom is 0.333 e. The van der Waals surface area contributed by atoms with Crippen LogP contribution in [0.3, 0.4) is 0 Å². The Morgan fingerprint density at radius 3 is 1.32 bits per heavy atom. The highest BCUT2D eigenvalue weighted by atomic mass is 16.6. The smallest absolute Gasteiger partial charge is 0.333 e. The van der Waals surface area contributed by atoms with E-state index in [1.54, 1.807) is 13.8 Å². The second kappa shape index (κ2) is 10.0. The van der Waals surface area contributed by atoms with Gasteiger partial charge in [-0.15, -0.1) is 0 Å². The van der Waals surface area contributed by atoms with Crippen molar-refractivity contribution < 1.29 is 38.0 Å². The van der Waals surface area contributed by atoms with E-state index in [1.165, 1.54) is 0 Å². The lowest BCUT2D eigenvalue weighted by Gasteiger charge is -2.09. The van der Waals surface area contributed by atoms with Crippen LogP contribution in [0, 0.1) is 0 Å². The zero-order valence-corrected chi connectivity index (χ0v) is 23.8. The Bertz CT molecular complexity index is 940. The zero-order chi connectivity index (χ0) is 27.3. The number of allylic oxidation sites excluding steroid dienone is 2. The van der Waals surface area contributed by atoms with Gasteiger partial charge in [0.2, 0.25) is 0 Å². The highest BCUT2D eigenvalue weighted by molar-refractivity contribution is 5.88. The summed E-state index contributed by atoms with van der Waals surface area (Å²) < 4.78 is 34.9. The molecule has 0 amide bonds. The summed E-state index contributed by atoms with van der Waals surface area (Å²) in [5.74, 6) is -0.565. The molecule has 5 aliphatic rings. The van der Waals surface area contributed by atoms with Crippen molar-refractivity contribution in [1.82, 2.24) is 0 Å². The van der Waals surface area contributed by atoms with Gasteiger partial charge in [0.15, 0.2) is 0 Å². The third kappa shape index (κ3) is 6.19. The summed E-state index contributed by atoms with van der Waals surface area (Å²) in [5.41, 5.74) is 0.348. The predicted molar refractivity (Wildman–Crippen MR) is 139 cm³/mol. The molecule has 38 heavy (non-hydrogen) atoms. The Morgan fingerprint density at radius 1 is 0.579 bits per heavy atom.